The molecule has 1 N–H and O–H groups in total. The van der Waals surface area contributed by atoms with Crippen molar-refractivity contribution in [1.29, 1.82) is 0 Å². The van der Waals surface area contributed by atoms with Crippen LogP contribution in [-0.2, 0) is 22.8 Å². The molecule has 2 atom stereocenters. The lowest BCUT2D eigenvalue weighted by molar-refractivity contribution is 0.162. The normalized spacial score (nSPS) is 17.3. The number of hydrogen-bond donors (Lipinski definition) is 1. The second-order valence-electron chi connectivity index (χ2n) is 7.11. The van der Waals surface area contributed by atoms with E-state index < -0.39 is 9.84 Å². The topological polar surface area (TPSA) is 68.3 Å². The first kappa shape index (κ1) is 21.7. The van der Waals surface area contributed by atoms with Crippen LogP contribution < -0.4 is 10.1 Å². The number of nitrogens with one attached hydrogen (secondary N) is 1. The van der Waals surface area contributed by atoms with Gasteiger partial charge >= 0.3 is 0 Å². The average Bonchev–Trinajstić information content (AvgIpc) is 2.61. The van der Waals surface area contributed by atoms with Crippen molar-refractivity contribution in [2.45, 2.75) is 38.3 Å². The summed E-state index contributed by atoms with van der Waals surface area (Å²) in [5.74, 6) is 0.948. The molecule has 2 aromatic rings. The SMILES string of the molecule is C[C@@H](CS(C)(=O)=O)c1ccc(CNCC2CCc3cccnc3O2)cc1.Cl. The van der Waals surface area contributed by atoms with E-state index in [1.54, 1.807) is 6.20 Å². The average molecular weight is 411 g/mol. The van der Waals surface area contributed by atoms with Crippen LogP contribution in [0.2, 0.25) is 0 Å². The van der Waals surface area contributed by atoms with Crippen LogP contribution in [0.25, 0.3) is 0 Å². The predicted octanol–water partition coefficient (Wildman–Crippen LogP) is 3.13. The Balaban J connectivity index is 0.00000261. The number of benzene rings is 1. The fourth-order valence-electron chi connectivity index (χ4n) is 3.29. The van der Waals surface area contributed by atoms with Crippen LogP contribution >= 0.6 is 12.4 Å². The van der Waals surface area contributed by atoms with Crippen LogP contribution in [0.1, 0.15) is 36.0 Å². The van der Waals surface area contributed by atoms with E-state index in [1.165, 1.54) is 17.4 Å². The molecule has 7 heteroatoms. The summed E-state index contributed by atoms with van der Waals surface area (Å²) in [6.07, 6.45) is 5.19. The monoisotopic (exact) mass is 410 g/mol. The van der Waals surface area contributed by atoms with Gasteiger partial charge in [0, 0.05) is 31.1 Å². The Hall–Kier alpha value is -1.63. The molecule has 0 saturated carbocycles. The lowest BCUT2D eigenvalue weighted by Gasteiger charge is -2.25. The fourth-order valence-corrected chi connectivity index (χ4v) is 4.39. The molecule has 3 rings (SSSR count). The zero-order valence-electron chi connectivity index (χ0n) is 15.7. The first-order valence-corrected chi connectivity index (χ1v) is 11.0. The van der Waals surface area contributed by atoms with Crippen LogP contribution in [0.15, 0.2) is 42.6 Å². The van der Waals surface area contributed by atoms with Gasteiger partial charge in [-0.25, -0.2) is 13.4 Å². The number of rotatable bonds is 7. The standard InChI is InChI=1S/C20H26N2O3S.ClH/c1-15(14-26(2,23)24)17-7-5-16(6-8-17)12-21-13-19-10-9-18-4-3-11-22-20(18)25-19;/h3-8,11,15,19,21H,9-10,12-14H2,1-2H3;1H/t15-,19?;/m0./s1. The molecular weight excluding hydrogens is 384 g/mol. The minimum absolute atomic E-state index is 0. The van der Waals surface area contributed by atoms with Crippen molar-refractivity contribution in [1.82, 2.24) is 10.3 Å². The predicted molar refractivity (Wildman–Crippen MR) is 110 cm³/mol. The molecule has 1 aliphatic heterocycles. The maximum Gasteiger partial charge on any atom is 0.216 e. The lowest BCUT2D eigenvalue weighted by atomic mass is 10.0. The summed E-state index contributed by atoms with van der Waals surface area (Å²) in [4.78, 5) is 4.29. The van der Waals surface area contributed by atoms with E-state index in [2.05, 4.69) is 28.5 Å². The molecule has 0 radical (unpaired) electrons. The molecule has 0 aliphatic carbocycles. The number of sulfone groups is 1. The maximum absolute atomic E-state index is 11.4. The molecule has 148 valence electrons. The van der Waals surface area contributed by atoms with Crippen molar-refractivity contribution in [2.24, 2.45) is 0 Å². The Morgan fingerprint density at radius 3 is 2.70 bits per heavy atom. The summed E-state index contributed by atoms with van der Waals surface area (Å²) in [6, 6.07) is 12.2. The molecule has 1 aromatic carbocycles. The van der Waals surface area contributed by atoms with Crippen molar-refractivity contribution < 1.29 is 13.2 Å². The van der Waals surface area contributed by atoms with Crippen molar-refractivity contribution in [3.05, 3.63) is 59.3 Å². The van der Waals surface area contributed by atoms with E-state index in [0.29, 0.717) is 0 Å². The number of aryl methyl sites for hydroxylation is 1. The van der Waals surface area contributed by atoms with Crippen LogP contribution in [0.4, 0.5) is 0 Å². The number of nitrogens with zero attached hydrogens (tertiary/aromatic N) is 1. The van der Waals surface area contributed by atoms with Gasteiger partial charge in [-0.3, -0.25) is 0 Å². The molecule has 1 unspecified atom stereocenters. The van der Waals surface area contributed by atoms with Gasteiger partial charge in [0.05, 0.1) is 5.75 Å². The van der Waals surface area contributed by atoms with E-state index in [9.17, 15) is 8.42 Å². The highest BCUT2D eigenvalue weighted by Crippen LogP contribution is 2.24. The number of halogens is 1. The third kappa shape index (κ3) is 6.48. The van der Waals surface area contributed by atoms with Gasteiger partial charge < -0.3 is 10.1 Å². The van der Waals surface area contributed by atoms with Crippen molar-refractivity contribution >= 4 is 22.2 Å². The van der Waals surface area contributed by atoms with Crippen LogP contribution in [-0.4, -0.2) is 38.1 Å². The molecule has 1 aliphatic rings. The minimum Gasteiger partial charge on any atom is -0.473 e. The maximum atomic E-state index is 11.4. The molecule has 27 heavy (non-hydrogen) atoms. The highest BCUT2D eigenvalue weighted by molar-refractivity contribution is 7.90. The van der Waals surface area contributed by atoms with Gasteiger partial charge in [-0.2, -0.15) is 0 Å². The summed E-state index contributed by atoms with van der Waals surface area (Å²) in [5.41, 5.74) is 3.41. The van der Waals surface area contributed by atoms with Gasteiger partial charge in [-0.1, -0.05) is 37.3 Å². The Morgan fingerprint density at radius 1 is 1.26 bits per heavy atom. The number of pyridine rings is 1. The zero-order chi connectivity index (χ0) is 18.6. The van der Waals surface area contributed by atoms with Gasteiger partial charge in [-0.05, 0) is 36.0 Å². The van der Waals surface area contributed by atoms with Gasteiger partial charge in [0.15, 0.2) is 0 Å². The van der Waals surface area contributed by atoms with Crippen LogP contribution in [0, 0.1) is 0 Å². The zero-order valence-corrected chi connectivity index (χ0v) is 17.4. The third-order valence-corrected chi connectivity index (χ3v) is 5.77. The van der Waals surface area contributed by atoms with Crippen molar-refractivity contribution in [3.63, 3.8) is 0 Å². The molecule has 5 nitrogen and oxygen atoms in total. The molecule has 0 spiro atoms. The first-order chi connectivity index (χ1) is 12.4. The first-order valence-electron chi connectivity index (χ1n) is 8.98. The van der Waals surface area contributed by atoms with E-state index in [1.807, 2.05) is 25.1 Å². The number of hydrogen-bond acceptors (Lipinski definition) is 5. The van der Waals surface area contributed by atoms with Gasteiger partial charge in [0.25, 0.3) is 0 Å². The van der Waals surface area contributed by atoms with Gasteiger partial charge in [-0.15, -0.1) is 12.4 Å². The van der Waals surface area contributed by atoms with Crippen molar-refractivity contribution in [2.75, 3.05) is 18.6 Å². The summed E-state index contributed by atoms with van der Waals surface area (Å²) < 4.78 is 28.8. The molecule has 2 heterocycles. The smallest absolute Gasteiger partial charge is 0.216 e. The van der Waals surface area contributed by atoms with E-state index >= 15 is 0 Å². The molecule has 0 bridgehead atoms. The Morgan fingerprint density at radius 2 is 2.00 bits per heavy atom. The van der Waals surface area contributed by atoms with Crippen molar-refractivity contribution in [3.8, 4) is 5.88 Å². The third-order valence-electron chi connectivity index (χ3n) is 4.67. The highest BCUT2D eigenvalue weighted by atomic mass is 35.5. The molecular formula is C20H27ClN2O3S. The molecule has 0 amide bonds. The number of aromatic nitrogens is 1. The molecule has 0 fully saturated rings. The summed E-state index contributed by atoms with van der Waals surface area (Å²) in [5, 5.41) is 3.44. The van der Waals surface area contributed by atoms with Crippen LogP contribution in [0.3, 0.4) is 0 Å². The van der Waals surface area contributed by atoms with E-state index in [4.69, 9.17) is 4.74 Å². The number of fused-ring (bicyclic) bond motifs is 1. The Kier molecular flexibility index (Phi) is 7.65. The fraction of sp³-hybridized carbons (Fsp3) is 0.450. The van der Waals surface area contributed by atoms with Gasteiger partial charge in [0.2, 0.25) is 5.88 Å². The van der Waals surface area contributed by atoms with E-state index in [0.717, 1.165) is 37.4 Å². The van der Waals surface area contributed by atoms with E-state index in [-0.39, 0.29) is 30.2 Å². The molecule has 1 aromatic heterocycles. The second kappa shape index (κ2) is 9.53. The summed E-state index contributed by atoms with van der Waals surface area (Å²) in [7, 11) is -2.96. The Labute approximate surface area is 167 Å². The van der Waals surface area contributed by atoms with Crippen LogP contribution in [0.5, 0.6) is 5.88 Å². The highest BCUT2D eigenvalue weighted by Gasteiger charge is 2.20. The summed E-state index contributed by atoms with van der Waals surface area (Å²) >= 11 is 0. The largest absolute Gasteiger partial charge is 0.473 e. The summed E-state index contributed by atoms with van der Waals surface area (Å²) in [6.45, 7) is 3.48. The Bertz CT molecular complexity index is 841. The van der Waals surface area contributed by atoms with Gasteiger partial charge in [0.1, 0.15) is 15.9 Å². The molecule has 0 saturated heterocycles. The quantitative estimate of drug-likeness (QED) is 0.759. The second-order valence-corrected chi connectivity index (χ2v) is 9.30. The number of ether oxygens (including phenoxy) is 1. The minimum atomic E-state index is -2.96. The lowest BCUT2D eigenvalue weighted by Crippen LogP contribution is -2.34.